The van der Waals surface area contributed by atoms with Gasteiger partial charge in [0.25, 0.3) is 11.8 Å². The van der Waals surface area contributed by atoms with Crippen LogP contribution in [0.25, 0.3) is 0 Å². The van der Waals surface area contributed by atoms with E-state index in [0.29, 0.717) is 23.1 Å². The highest BCUT2D eigenvalue weighted by Crippen LogP contribution is 2.22. The number of hydrogen-bond donors (Lipinski definition) is 2. The zero-order valence-corrected chi connectivity index (χ0v) is 20.5. The van der Waals surface area contributed by atoms with E-state index >= 15 is 0 Å². The predicted molar refractivity (Wildman–Crippen MR) is 139 cm³/mol. The number of thiophene rings is 1. The van der Waals surface area contributed by atoms with Crippen LogP contribution in [0.4, 0.5) is 11.4 Å². The Morgan fingerprint density at radius 3 is 2.36 bits per heavy atom. The molecule has 0 saturated carbocycles. The van der Waals surface area contributed by atoms with Gasteiger partial charge in [0.2, 0.25) is 0 Å². The van der Waals surface area contributed by atoms with Crippen molar-refractivity contribution in [3.05, 3.63) is 80.5 Å². The molecule has 0 unspecified atom stereocenters. The van der Waals surface area contributed by atoms with Crippen LogP contribution in [0, 0.1) is 0 Å². The molecule has 33 heavy (non-hydrogen) atoms. The Kier molecular flexibility index (Phi) is 7.49. The maximum atomic E-state index is 12.5. The summed E-state index contributed by atoms with van der Waals surface area (Å²) >= 11 is 18.7. The van der Waals surface area contributed by atoms with Crippen molar-refractivity contribution in [1.82, 2.24) is 10.2 Å². The second-order valence-corrected chi connectivity index (χ2v) is 9.54. The number of thiocarbonyl (C=S) groups is 1. The van der Waals surface area contributed by atoms with Crippen LogP contribution in [0.1, 0.15) is 20.0 Å². The quantitative estimate of drug-likeness (QED) is 0.468. The standard InChI is InChI=1S/C23H20Cl2N4O2S2/c24-15-3-8-19(25)18(14-15)21(30)27-23(32)26-16-4-6-17(7-5-16)28-9-11-29(12-10-28)22(31)20-2-1-13-33-20/h1-8,13-14H,9-12H2,(H2,26,27,30,32). The number of carbonyl (C=O) groups excluding carboxylic acids is 2. The zero-order chi connectivity index (χ0) is 23.4. The molecule has 1 fully saturated rings. The molecule has 1 aromatic heterocycles. The summed E-state index contributed by atoms with van der Waals surface area (Å²) < 4.78 is 0. The Labute approximate surface area is 211 Å². The first-order valence-electron chi connectivity index (χ1n) is 10.2. The third-order valence-corrected chi connectivity index (χ3v) is 6.82. The lowest BCUT2D eigenvalue weighted by atomic mass is 10.2. The van der Waals surface area contributed by atoms with Gasteiger partial charge in [-0.25, -0.2) is 0 Å². The van der Waals surface area contributed by atoms with Crippen molar-refractivity contribution in [3.8, 4) is 0 Å². The number of nitrogens with zero attached hydrogens (tertiary/aromatic N) is 2. The van der Waals surface area contributed by atoms with Gasteiger partial charge in [-0.05, 0) is 66.1 Å². The predicted octanol–water partition coefficient (Wildman–Crippen LogP) is 5.14. The van der Waals surface area contributed by atoms with Gasteiger partial charge in [0, 0.05) is 42.6 Å². The van der Waals surface area contributed by atoms with E-state index in [1.165, 1.54) is 17.4 Å². The zero-order valence-electron chi connectivity index (χ0n) is 17.4. The molecule has 2 heterocycles. The fourth-order valence-corrected chi connectivity index (χ4v) is 4.76. The molecule has 0 atom stereocenters. The minimum Gasteiger partial charge on any atom is -0.368 e. The van der Waals surface area contributed by atoms with Crippen molar-refractivity contribution < 1.29 is 9.59 Å². The highest BCUT2D eigenvalue weighted by molar-refractivity contribution is 7.80. The summed E-state index contributed by atoms with van der Waals surface area (Å²) in [7, 11) is 0. The number of benzene rings is 2. The minimum absolute atomic E-state index is 0.0961. The topological polar surface area (TPSA) is 64.7 Å². The third-order valence-electron chi connectivity index (χ3n) is 5.19. The van der Waals surface area contributed by atoms with E-state index in [1.807, 2.05) is 46.7 Å². The van der Waals surface area contributed by atoms with Gasteiger partial charge in [-0.2, -0.15) is 0 Å². The number of anilines is 2. The number of rotatable bonds is 4. The monoisotopic (exact) mass is 518 g/mol. The largest absolute Gasteiger partial charge is 0.368 e. The number of amides is 2. The van der Waals surface area contributed by atoms with E-state index in [9.17, 15) is 9.59 Å². The van der Waals surface area contributed by atoms with Crippen LogP contribution in [0.3, 0.4) is 0 Å². The Hall–Kier alpha value is -2.65. The molecule has 0 spiro atoms. The van der Waals surface area contributed by atoms with E-state index < -0.39 is 5.91 Å². The number of nitrogens with one attached hydrogen (secondary N) is 2. The van der Waals surface area contributed by atoms with E-state index in [4.69, 9.17) is 35.4 Å². The molecule has 0 radical (unpaired) electrons. The van der Waals surface area contributed by atoms with E-state index in [0.717, 1.165) is 29.3 Å². The van der Waals surface area contributed by atoms with Crippen LogP contribution in [0.15, 0.2) is 60.0 Å². The van der Waals surface area contributed by atoms with Crippen molar-refractivity contribution in [2.75, 3.05) is 36.4 Å². The summed E-state index contributed by atoms with van der Waals surface area (Å²) in [6, 6.07) is 16.2. The van der Waals surface area contributed by atoms with Gasteiger partial charge >= 0.3 is 0 Å². The highest BCUT2D eigenvalue weighted by Gasteiger charge is 2.23. The summed E-state index contributed by atoms with van der Waals surface area (Å²) in [5, 5.41) is 8.39. The molecule has 6 nitrogen and oxygen atoms in total. The van der Waals surface area contributed by atoms with Crippen molar-refractivity contribution >= 4 is 75.1 Å². The lowest BCUT2D eigenvalue weighted by molar-refractivity contribution is 0.0751. The molecule has 1 aliphatic heterocycles. The molecular weight excluding hydrogens is 499 g/mol. The Bertz CT molecular complexity index is 1160. The van der Waals surface area contributed by atoms with Gasteiger partial charge in [-0.3, -0.25) is 14.9 Å². The van der Waals surface area contributed by atoms with Crippen molar-refractivity contribution in [3.63, 3.8) is 0 Å². The summed E-state index contributed by atoms with van der Waals surface area (Å²) in [6.45, 7) is 2.88. The van der Waals surface area contributed by atoms with Crippen LogP contribution in [0.5, 0.6) is 0 Å². The van der Waals surface area contributed by atoms with Gasteiger partial charge in [0.1, 0.15) is 0 Å². The average molecular weight is 519 g/mol. The van der Waals surface area contributed by atoms with Gasteiger partial charge in [-0.15, -0.1) is 11.3 Å². The SMILES string of the molecule is O=C(NC(=S)Nc1ccc(N2CCN(C(=O)c3cccs3)CC2)cc1)c1cc(Cl)ccc1Cl. The van der Waals surface area contributed by atoms with E-state index in [1.54, 1.807) is 12.1 Å². The van der Waals surface area contributed by atoms with E-state index in [-0.39, 0.29) is 16.6 Å². The molecular formula is C23H20Cl2N4O2S2. The molecule has 2 N–H and O–H groups in total. The smallest absolute Gasteiger partial charge is 0.264 e. The molecule has 0 aliphatic carbocycles. The van der Waals surface area contributed by atoms with E-state index in [2.05, 4.69) is 15.5 Å². The van der Waals surface area contributed by atoms with Gasteiger partial charge < -0.3 is 15.1 Å². The molecule has 4 rings (SSSR count). The third kappa shape index (κ3) is 5.83. The Balaban J connectivity index is 1.29. The maximum Gasteiger partial charge on any atom is 0.264 e. The number of hydrogen-bond acceptors (Lipinski definition) is 5. The molecule has 1 saturated heterocycles. The van der Waals surface area contributed by atoms with Gasteiger partial charge in [-0.1, -0.05) is 29.3 Å². The van der Waals surface area contributed by atoms with Crippen molar-refractivity contribution in [2.45, 2.75) is 0 Å². The number of piperazine rings is 1. The molecule has 2 amide bonds. The first kappa shape index (κ1) is 23.5. The number of carbonyl (C=O) groups is 2. The average Bonchev–Trinajstić information content (AvgIpc) is 3.36. The Morgan fingerprint density at radius 1 is 0.970 bits per heavy atom. The number of halogens is 2. The lowest BCUT2D eigenvalue weighted by Gasteiger charge is -2.36. The summed E-state index contributed by atoms with van der Waals surface area (Å²) in [4.78, 5) is 29.8. The molecule has 3 aromatic rings. The molecule has 2 aromatic carbocycles. The lowest BCUT2D eigenvalue weighted by Crippen LogP contribution is -2.48. The molecule has 10 heteroatoms. The van der Waals surface area contributed by atoms with Crippen molar-refractivity contribution in [1.29, 1.82) is 0 Å². The first-order valence-corrected chi connectivity index (χ1v) is 12.2. The highest BCUT2D eigenvalue weighted by atomic mass is 35.5. The first-order chi connectivity index (χ1) is 15.9. The van der Waals surface area contributed by atoms with Crippen molar-refractivity contribution in [2.24, 2.45) is 0 Å². The molecule has 0 bridgehead atoms. The van der Waals surface area contributed by atoms with Crippen LogP contribution < -0.4 is 15.5 Å². The van der Waals surface area contributed by atoms with Crippen LogP contribution in [0.2, 0.25) is 10.0 Å². The fraction of sp³-hybridized carbons (Fsp3) is 0.174. The summed E-state index contributed by atoms with van der Waals surface area (Å²) in [5.74, 6) is -0.342. The minimum atomic E-state index is -0.438. The normalized spacial score (nSPS) is 13.5. The summed E-state index contributed by atoms with van der Waals surface area (Å²) in [5.41, 5.74) is 2.05. The van der Waals surface area contributed by atoms with Gasteiger partial charge in [0.05, 0.1) is 15.5 Å². The maximum absolute atomic E-state index is 12.5. The van der Waals surface area contributed by atoms with Crippen LogP contribution in [-0.2, 0) is 0 Å². The van der Waals surface area contributed by atoms with Gasteiger partial charge in [0.15, 0.2) is 5.11 Å². The second-order valence-electron chi connectivity index (χ2n) is 7.34. The van der Waals surface area contributed by atoms with Crippen LogP contribution in [-0.4, -0.2) is 48.0 Å². The fourth-order valence-electron chi connectivity index (χ4n) is 3.48. The second kappa shape index (κ2) is 10.5. The Morgan fingerprint density at radius 2 is 1.70 bits per heavy atom. The molecule has 170 valence electrons. The molecule has 1 aliphatic rings. The van der Waals surface area contributed by atoms with Crippen LogP contribution >= 0.6 is 46.8 Å². The summed E-state index contributed by atoms with van der Waals surface area (Å²) in [6.07, 6.45) is 0.